The molecule has 0 aliphatic carbocycles. The average Bonchev–Trinajstić information content (AvgIpc) is 2.67. The molecule has 0 fully saturated rings. The number of nitrogens with one attached hydrogen (secondary N) is 2. The van der Waals surface area contributed by atoms with Gasteiger partial charge >= 0.3 is 0 Å². The van der Waals surface area contributed by atoms with Crippen molar-refractivity contribution in [1.29, 1.82) is 0 Å². The normalized spacial score (nSPS) is 10.8. The molecular formula is C19H15N3O3. The zero-order chi connectivity index (χ0) is 17.6. The minimum absolute atomic E-state index is 0.248. The molecule has 0 spiro atoms. The molecule has 0 atom stereocenters. The van der Waals surface area contributed by atoms with E-state index in [-0.39, 0.29) is 5.56 Å². The first-order valence-corrected chi connectivity index (χ1v) is 7.55. The van der Waals surface area contributed by atoms with Crippen LogP contribution in [0.2, 0.25) is 0 Å². The Bertz CT molecular complexity index is 944. The summed E-state index contributed by atoms with van der Waals surface area (Å²) in [5.41, 5.74) is 5.49. The van der Waals surface area contributed by atoms with E-state index in [2.05, 4.69) is 10.5 Å². The fourth-order valence-corrected chi connectivity index (χ4v) is 2.43. The third-order valence-corrected chi connectivity index (χ3v) is 3.70. The van der Waals surface area contributed by atoms with E-state index in [0.29, 0.717) is 5.56 Å². The van der Waals surface area contributed by atoms with Crippen LogP contribution in [0.15, 0.2) is 71.8 Å². The highest BCUT2D eigenvalue weighted by molar-refractivity contribution is 6.01. The highest BCUT2D eigenvalue weighted by Crippen LogP contribution is 2.16. The predicted molar refractivity (Wildman–Crippen MR) is 94.7 cm³/mol. The fourth-order valence-electron chi connectivity index (χ4n) is 2.43. The molecule has 6 nitrogen and oxygen atoms in total. The molecule has 6 heteroatoms. The lowest BCUT2D eigenvalue weighted by Gasteiger charge is -2.03. The minimum Gasteiger partial charge on any atom is -0.288 e. The molecule has 0 radical (unpaired) electrons. The summed E-state index contributed by atoms with van der Waals surface area (Å²) < 4.78 is 0. The summed E-state index contributed by atoms with van der Waals surface area (Å²) in [5.74, 6) is -1.03. The van der Waals surface area contributed by atoms with Gasteiger partial charge in [-0.3, -0.25) is 14.8 Å². The number of hydrogen-bond donors (Lipinski definition) is 3. The van der Waals surface area contributed by atoms with Crippen molar-refractivity contribution >= 4 is 28.8 Å². The van der Waals surface area contributed by atoms with Crippen LogP contribution in [0.5, 0.6) is 0 Å². The van der Waals surface area contributed by atoms with E-state index >= 15 is 0 Å². The number of hydrogen-bond acceptors (Lipinski definition) is 4. The summed E-state index contributed by atoms with van der Waals surface area (Å²) in [7, 11) is 0. The SMILES string of the molecule is O=C(NO)c1ccc(C(=O)N/N=C/c2cccc3ccccc23)cc1. The third kappa shape index (κ3) is 3.70. The van der Waals surface area contributed by atoms with Crippen LogP contribution in [0.25, 0.3) is 10.8 Å². The molecule has 3 aromatic rings. The zero-order valence-electron chi connectivity index (χ0n) is 13.1. The topological polar surface area (TPSA) is 90.8 Å². The Balaban J connectivity index is 1.71. The molecule has 0 heterocycles. The Kier molecular flexibility index (Phi) is 4.82. The van der Waals surface area contributed by atoms with Gasteiger partial charge in [-0.1, -0.05) is 42.5 Å². The van der Waals surface area contributed by atoms with Crippen molar-refractivity contribution < 1.29 is 14.8 Å². The monoisotopic (exact) mass is 333 g/mol. The lowest BCUT2D eigenvalue weighted by Crippen LogP contribution is -2.20. The Labute approximate surface area is 143 Å². The number of fused-ring (bicyclic) bond motifs is 1. The summed E-state index contributed by atoms with van der Waals surface area (Å²) in [4.78, 5) is 23.3. The second-order valence-corrected chi connectivity index (χ2v) is 5.29. The number of nitrogens with zero attached hydrogens (tertiary/aromatic N) is 1. The fraction of sp³-hybridized carbons (Fsp3) is 0. The van der Waals surface area contributed by atoms with Crippen LogP contribution in [-0.4, -0.2) is 23.2 Å². The number of hydrazone groups is 1. The first-order valence-electron chi connectivity index (χ1n) is 7.55. The Morgan fingerprint density at radius 2 is 1.48 bits per heavy atom. The first kappa shape index (κ1) is 16.4. The molecule has 3 aromatic carbocycles. The van der Waals surface area contributed by atoms with Gasteiger partial charge in [-0.2, -0.15) is 5.10 Å². The van der Waals surface area contributed by atoms with Gasteiger partial charge in [0.2, 0.25) is 0 Å². The predicted octanol–water partition coefficient (Wildman–Crippen LogP) is 2.72. The maximum absolute atomic E-state index is 12.1. The summed E-state index contributed by atoms with van der Waals surface area (Å²) in [6, 6.07) is 19.6. The first-order chi connectivity index (χ1) is 12.2. The third-order valence-electron chi connectivity index (χ3n) is 3.70. The largest absolute Gasteiger partial charge is 0.288 e. The van der Waals surface area contributed by atoms with E-state index in [0.717, 1.165) is 16.3 Å². The van der Waals surface area contributed by atoms with Crippen molar-refractivity contribution in [2.75, 3.05) is 0 Å². The summed E-state index contributed by atoms with van der Waals surface area (Å²) >= 11 is 0. The maximum Gasteiger partial charge on any atom is 0.274 e. The smallest absolute Gasteiger partial charge is 0.274 e. The van der Waals surface area contributed by atoms with Crippen LogP contribution < -0.4 is 10.9 Å². The van der Waals surface area contributed by atoms with Gasteiger partial charge < -0.3 is 0 Å². The number of rotatable bonds is 4. The molecule has 0 saturated heterocycles. The Morgan fingerprint density at radius 1 is 0.840 bits per heavy atom. The molecule has 3 rings (SSSR count). The molecule has 0 aromatic heterocycles. The van der Waals surface area contributed by atoms with Gasteiger partial charge in [0.15, 0.2) is 0 Å². The van der Waals surface area contributed by atoms with Crippen LogP contribution in [0.1, 0.15) is 26.3 Å². The van der Waals surface area contributed by atoms with Gasteiger partial charge in [0.1, 0.15) is 0 Å². The van der Waals surface area contributed by atoms with Crippen molar-refractivity contribution in [3.63, 3.8) is 0 Å². The van der Waals surface area contributed by atoms with Crippen LogP contribution in [0.3, 0.4) is 0 Å². The molecule has 2 amide bonds. The molecule has 3 N–H and O–H groups in total. The summed E-state index contributed by atoms with van der Waals surface area (Å²) in [5, 5.41) is 14.7. The number of amides is 2. The van der Waals surface area contributed by atoms with Crippen LogP contribution in [-0.2, 0) is 0 Å². The maximum atomic E-state index is 12.1. The number of carbonyl (C=O) groups excluding carboxylic acids is 2. The van der Waals surface area contributed by atoms with Gasteiger partial charge in [0.05, 0.1) is 6.21 Å². The summed E-state index contributed by atoms with van der Waals surface area (Å²) in [6.07, 6.45) is 1.59. The molecule has 0 aliphatic heterocycles. The van der Waals surface area contributed by atoms with Gasteiger partial charge in [-0.15, -0.1) is 0 Å². The second-order valence-electron chi connectivity index (χ2n) is 5.29. The Hall–Kier alpha value is -3.51. The quantitative estimate of drug-likeness (QED) is 0.389. The van der Waals surface area contributed by atoms with E-state index in [1.165, 1.54) is 29.7 Å². The highest BCUT2D eigenvalue weighted by Gasteiger charge is 2.07. The molecule has 0 aliphatic rings. The molecular weight excluding hydrogens is 318 g/mol. The van der Waals surface area contributed by atoms with Crippen molar-refractivity contribution in [2.24, 2.45) is 5.10 Å². The number of benzene rings is 3. The zero-order valence-corrected chi connectivity index (χ0v) is 13.1. The van der Waals surface area contributed by atoms with Crippen molar-refractivity contribution in [2.45, 2.75) is 0 Å². The highest BCUT2D eigenvalue weighted by atomic mass is 16.5. The van der Waals surface area contributed by atoms with E-state index in [1.807, 2.05) is 42.5 Å². The van der Waals surface area contributed by atoms with Crippen LogP contribution >= 0.6 is 0 Å². The van der Waals surface area contributed by atoms with Gasteiger partial charge in [-0.05, 0) is 35.0 Å². The lowest BCUT2D eigenvalue weighted by molar-refractivity contribution is 0.0706. The average molecular weight is 333 g/mol. The van der Waals surface area contributed by atoms with Crippen molar-refractivity contribution in [3.8, 4) is 0 Å². The molecule has 0 saturated carbocycles. The molecule has 0 bridgehead atoms. The van der Waals surface area contributed by atoms with Crippen molar-refractivity contribution in [1.82, 2.24) is 10.9 Å². The summed E-state index contributed by atoms with van der Waals surface area (Å²) in [6.45, 7) is 0. The van der Waals surface area contributed by atoms with Crippen molar-refractivity contribution in [3.05, 3.63) is 83.4 Å². The van der Waals surface area contributed by atoms with E-state index in [4.69, 9.17) is 5.21 Å². The van der Waals surface area contributed by atoms with Gasteiger partial charge in [-0.25, -0.2) is 10.9 Å². The lowest BCUT2D eigenvalue weighted by atomic mass is 10.1. The van der Waals surface area contributed by atoms with Crippen LogP contribution in [0, 0.1) is 0 Å². The van der Waals surface area contributed by atoms with E-state index in [1.54, 1.807) is 6.21 Å². The van der Waals surface area contributed by atoms with E-state index in [9.17, 15) is 9.59 Å². The second kappa shape index (κ2) is 7.37. The molecule has 0 unspecified atom stereocenters. The Morgan fingerprint density at radius 3 is 2.20 bits per heavy atom. The molecule has 124 valence electrons. The van der Waals surface area contributed by atoms with Gasteiger partial charge in [0.25, 0.3) is 11.8 Å². The molecule has 25 heavy (non-hydrogen) atoms. The van der Waals surface area contributed by atoms with Gasteiger partial charge in [0, 0.05) is 16.7 Å². The number of hydroxylamine groups is 1. The number of carbonyl (C=O) groups is 2. The van der Waals surface area contributed by atoms with E-state index < -0.39 is 11.8 Å². The van der Waals surface area contributed by atoms with Crippen LogP contribution in [0.4, 0.5) is 0 Å². The minimum atomic E-state index is -0.638. The standard InChI is InChI=1S/C19H15N3O3/c23-18(14-8-10-15(11-9-14)19(24)22-25)21-20-12-16-6-3-5-13-4-1-2-7-17(13)16/h1-12,25H,(H,21,23)(H,22,24)/b20-12+.